The van der Waals surface area contributed by atoms with Gasteiger partial charge in [-0.1, -0.05) is 24.6 Å². The first-order valence-corrected chi connectivity index (χ1v) is 9.55. The highest BCUT2D eigenvalue weighted by atomic mass is 16.5. The van der Waals surface area contributed by atoms with Crippen LogP contribution >= 0.6 is 0 Å². The molecule has 2 heterocycles. The number of hydrogen-bond acceptors (Lipinski definition) is 4. The van der Waals surface area contributed by atoms with Crippen LogP contribution in [0.5, 0.6) is 5.75 Å². The van der Waals surface area contributed by atoms with Gasteiger partial charge >= 0.3 is 0 Å². The fourth-order valence-corrected chi connectivity index (χ4v) is 3.81. The van der Waals surface area contributed by atoms with Gasteiger partial charge < -0.3 is 14.5 Å². The molecular weight excluding hydrogens is 314 g/mol. The fraction of sp³-hybridized carbons (Fsp3) is 0.650. The van der Waals surface area contributed by atoms with Crippen molar-refractivity contribution in [3.63, 3.8) is 0 Å². The van der Waals surface area contributed by atoms with Gasteiger partial charge in [0.05, 0.1) is 0 Å². The van der Waals surface area contributed by atoms with Crippen molar-refractivity contribution < 1.29 is 9.53 Å². The molecule has 3 rings (SSSR count). The zero-order valence-corrected chi connectivity index (χ0v) is 15.8. The second-order valence-electron chi connectivity index (χ2n) is 7.27. The van der Waals surface area contributed by atoms with E-state index in [2.05, 4.69) is 16.7 Å². The van der Waals surface area contributed by atoms with Crippen molar-refractivity contribution in [3.8, 4) is 5.75 Å². The third kappa shape index (κ3) is 4.53. The number of amides is 1. The first-order valence-electron chi connectivity index (χ1n) is 9.55. The van der Waals surface area contributed by atoms with Crippen LogP contribution in [0.1, 0.15) is 25.8 Å². The Bertz CT molecular complexity index is 567. The summed E-state index contributed by atoms with van der Waals surface area (Å²) in [4.78, 5) is 19.8. The topological polar surface area (TPSA) is 36.0 Å². The van der Waals surface area contributed by atoms with E-state index < -0.39 is 6.10 Å². The molecule has 25 heavy (non-hydrogen) atoms. The third-order valence-corrected chi connectivity index (χ3v) is 5.53. The number of nitrogens with zero attached hydrogens (tertiary/aromatic N) is 3. The van der Waals surface area contributed by atoms with Gasteiger partial charge in [-0.05, 0) is 38.9 Å². The summed E-state index contributed by atoms with van der Waals surface area (Å²) in [6.45, 7) is 13.5. The summed E-state index contributed by atoms with van der Waals surface area (Å²) in [6.07, 6.45) is 0.646. The molecule has 1 aromatic rings. The molecule has 2 saturated heterocycles. The number of piperazine rings is 1. The summed E-state index contributed by atoms with van der Waals surface area (Å²) in [5, 5.41) is 0. The number of rotatable bonds is 5. The second-order valence-corrected chi connectivity index (χ2v) is 7.27. The van der Waals surface area contributed by atoms with Gasteiger partial charge in [0.15, 0.2) is 6.10 Å². The van der Waals surface area contributed by atoms with Gasteiger partial charge in [-0.2, -0.15) is 0 Å². The largest absolute Gasteiger partial charge is 0.481 e. The summed E-state index contributed by atoms with van der Waals surface area (Å²) in [6, 6.07) is 8.38. The summed E-state index contributed by atoms with van der Waals surface area (Å²) < 4.78 is 5.84. The average molecular weight is 345 g/mol. The van der Waals surface area contributed by atoms with E-state index in [1.807, 2.05) is 43.0 Å². The molecule has 5 heteroatoms. The van der Waals surface area contributed by atoms with Crippen LogP contribution in [0.3, 0.4) is 0 Å². The molecule has 2 aliphatic rings. The molecule has 1 amide bonds. The van der Waals surface area contributed by atoms with Crippen molar-refractivity contribution in [3.05, 3.63) is 29.8 Å². The van der Waals surface area contributed by atoms with Crippen molar-refractivity contribution in [2.24, 2.45) is 0 Å². The molecule has 0 radical (unpaired) electrons. The van der Waals surface area contributed by atoms with Gasteiger partial charge in [0, 0.05) is 45.3 Å². The molecule has 0 aliphatic carbocycles. The predicted octanol–water partition coefficient (Wildman–Crippen LogP) is 2.00. The molecule has 0 N–H and O–H groups in total. The number of carbonyl (C=O) groups is 1. The van der Waals surface area contributed by atoms with Gasteiger partial charge in [0.25, 0.3) is 5.91 Å². The molecule has 0 aromatic heterocycles. The number of ether oxygens (including phenoxy) is 1. The molecule has 0 bridgehead atoms. The van der Waals surface area contributed by atoms with Crippen molar-refractivity contribution in [1.82, 2.24) is 14.7 Å². The number of benzene rings is 1. The highest BCUT2D eigenvalue weighted by Crippen LogP contribution is 2.20. The van der Waals surface area contributed by atoms with Crippen LogP contribution in [0, 0.1) is 6.92 Å². The number of likely N-dealkylation sites (N-methyl/N-ethyl adjacent to an activating group) is 1. The lowest BCUT2D eigenvalue weighted by molar-refractivity contribution is -0.137. The Labute approximate surface area is 151 Å². The van der Waals surface area contributed by atoms with Crippen LogP contribution in [-0.4, -0.2) is 78.6 Å². The smallest absolute Gasteiger partial charge is 0.263 e. The maximum absolute atomic E-state index is 12.7. The number of aryl methyl sites for hydroxylation is 1. The zero-order chi connectivity index (χ0) is 17.8. The second kappa shape index (κ2) is 8.19. The Morgan fingerprint density at radius 1 is 1.16 bits per heavy atom. The molecule has 0 unspecified atom stereocenters. The Balaban J connectivity index is 1.49. The van der Waals surface area contributed by atoms with Crippen molar-refractivity contribution in [2.45, 2.75) is 39.3 Å². The van der Waals surface area contributed by atoms with E-state index in [4.69, 9.17) is 4.74 Å². The molecule has 5 nitrogen and oxygen atoms in total. The van der Waals surface area contributed by atoms with E-state index in [-0.39, 0.29) is 5.91 Å². The summed E-state index contributed by atoms with van der Waals surface area (Å²) in [5.74, 6) is 0.869. The normalized spacial score (nSPS) is 23.6. The molecular formula is C20H31N3O2. The molecule has 2 atom stereocenters. The first-order chi connectivity index (χ1) is 12.1. The van der Waals surface area contributed by atoms with E-state index in [1.54, 1.807) is 0 Å². The van der Waals surface area contributed by atoms with E-state index in [0.717, 1.165) is 58.0 Å². The predicted molar refractivity (Wildman–Crippen MR) is 99.9 cm³/mol. The van der Waals surface area contributed by atoms with Gasteiger partial charge in [0.2, 0.25) is 0 Å². The van der Waals surface area contributed by atoms with Crippen LogP contribution in [0.15, 0.2) is 24.3 Å². The van der Waals surface area contributed by atoms with Gasteiger partial charge in [-0.25, -0.2) is 0 Å². The first kappa shape index (κ1) is 18.2. The quantitative estimate of drug-likeness (QED) is 0.818. The van der Waals surface area contributed by atoms with Crippen molar-refractivity contribution >= 4 is 5.91 Å². The lowest BCUT2D eigenvalue weighted by Gasteiger charge is -2.37. The Kier molecular flexibility index (Phi) is 5.97. The highest BCUT2D eigenvalue weighted by Gasteiger charge is 2.33. The molecule has 1 aromatic carbocycles. The number of carbonyl (C=O) groups excluding carboxylic acids is 1. The third-order valence-electron chi connectivity index (χ3n) is 5.53. The van der Waals surface area contributed by atoms with Crippen LogP contribution in [-0.2, 0) is 4.79 Å². The zero-order valence-electron chi connectivity index (χ0n) is 15.8. The Morgan fingerprint density at radius 2 is 1.84 bits per heavy atom. The van der Waals surface area contributed by atoms with Crippen LogP contribution in [0.25, 0.3) is 0 Å². The lowest BCUT2D eigenvalue weighted by Crippen LogP contribution is -2.51. The minimum absolute atomic E-state index is 0.107. The van der Waals surface area contributed by atoms with Gasteiger partial charge in [-0.15, -0.1) is 0 Å². The fourth-order valence-electron chi connectivity index (χ4n) is 3.81. The minimum Gasteiger partial charge on any atom is -0.481 e. The number of likely N-dealkylation sites (tertiary alicyclic amines) is 1. The standard InChI is InChI=1S/C20H31N3O2/c1-4-21-11-13-22(14-12-21)18-9-10-23(15-18)20(24)17(3)25-19-7-5-16(2)6-8-19/h5-8,17-18H,4,9-15H2,1-3H3/t17-,18+/m0/s1. The average Bonchev–Trinajstić information content (AvgIpc) is 3.13. The maximum Gasteiger partial charge on any atom is 0.263 e. The molecule has 138 valence electrons. The van der Waals surface area contributed by atoms with Gasteiger partial charge in [0.1, 0.15) is 5.75 Å². The molecule has 0 spiro atoms. The van der Waals surface area contributed by atoms with Crippen LogP contribution in [0.2, 0.25) is 0 Å². The highest BCUT2D eigenvalue weighted by molar-refractivity contribution is 5.81. The number of hydrogen-bond donors (Lipinski definition) is 0. The Hall–Kier alpha value is -1.59. The van der Waals surface area contributed by atoms with E-state index in [9.17, 15) is 4.79 Å². The monoisotopic (exact) mass is 345 g/mol. The summed E-state index contributed by atoms with van der Waals surface area (Å²) >= 11 is 0. The van der Waals surface area contributed by atoms with E-state index >= 15 is 0 Å². The lowest BCUT2D eigenvalue weighted by atomic mass is 10.2. The summed E-state index contributed by atoms with van der Waals surface area (Å²) in [7, 11) is 0. The van der Waals surface area contributed by atoms with E-state index in [1.165, 1.54) is 5.56 Å². The SMILES string of the molecule is CCN1CCN([C@@H]2CCN(C(=O)[C@H](C)Oc3ccc(C)cc3)C2)CC1. The van der Waals surface area contributed by atoms with Crippen molar-refractivity contribution in [2.75, 3.05) is 45.8 Å². The van der Waals surface area contributed by atoms with Crippen molar-refractivity contribution in [1.29, 1.82) is 0 Å². The maximum atomic E-state index is 12.7. The summed E-state index contributed by atoms with van der Waals surface area (Å²) in [5.41, 5.74) is 1.19. The minimum atomic E-state index is -0.432. The molecule has 0 saturated carbocycles. The molecule has 2 fully saturated rings. The van der Waals surface area contributed by atoms with Crippen LogP contribution < -0.4 is 4.74 Å². The van der Waals surface area contributed by atoms with Crippen LogP contribution in [0.4, 0.5) is 0 Å². The van der Waals surface area contributed by atoms with Gasteiger partial charge in [-0.3, -0.25) is 9.69 Å². The Morgan fingerprint density at radius 3 is 2.48 bits per heavy atom. The molecule has 2 aliphatic heterocycles. The van der Waals surface area contributed by atoms with E-state index in [0.29, 0.717) is 6.04 Å².